The molecule has 0 saturated carbocycles. The molecule has 1 amide bonds. The normalized spacial score (nSPS) is 16.3. The molecule has 0 radical (unpaired) electrons. The van der Waals surface area contributed by atoms with Crippen LogP contribution in [-0.2, 0) is 13.0 Å². The molecule has 5 nitrogen and oxygen atoms in total. The summed E-state index contributed by atoms with van der Waals surface area (Å²) >= 11 is 1.78. The van der Waals surface area contributed by atoms with E-state index in [1.165, 1.54) is 16.0 Å². The Balaban J connectivity index is 1.42. The average Bonchev–Trinajstić information content (AvgIpc) is 3.36. The Hall–Kier alpha value is -2.99. The van der Waals surface area contributed by atoms with Crippen LogP contribution in [0.4, 0.5) is 0 Å². The standard InChI is InChI=1S/C22H20N4OS/c1-15-19-8-10-28-20(19)7-9-25(15)22(27)18-11-17-13-24-26(21(17)23-12-18)14-16-5-3-2-4-6-16/h2-6,8,10-13,15H,7,9,14H2,1H3. The molecule has 28 heavy (non-hydrogen) atoms. The summed E-state index contributed by atoms with van der Waals surface area (Å²) in [5.41, 5.74) is 3.86. The van der Waals surface area contributed by atoms with Crippen molar-refractivity contribution < 1.29 is 4.79 Å². The second-order valence-electron chi connectivity index (χ2n) is 7.15. The number of pyridine rings is 1. The summed E-state index contributed by atoms with van der Waals surface area (Å²) < 4.78 is 1.88. The summed E-state index contributed by atoms with van der Waals surface area (Å²) in [6.45, 7) is 3.51. The molecule has 1 aliphatic rings. The lowest BCUT2D eigenvalue weighted by Gasteiger charge is -2.33. The van der Waals surface area contributed by atoms with Crippen LogP contribution in [-0.4, -0.2) is 32.1 Å². The number of hydrogen-bond donors (Lipinski definition) is 0. The van der Waals surface area contributed by atoms with Crippen LogP contribution in [0.2, 0.25) is 0 Å². The first-order chi connectivity index (χ1) is 13.7. The van der Waals surface area contributed by atoms with Gasteiger partial charge < -0.3 is 4.90 Å². The van der Waals surface area contributed by atoms with Gasteiger partial charge in [0.25, 0.3) is 5.91 Å². The fourth-order valence-corrected chi connectivity index (χ4v) is 4.88. The maximum atomic E-state index is 13.1. The van der Waals surface area contributed by atoms with Crippen molar-refractivity contribution in [2.75, 3.05) is 6.54 Å². The number of fused-ring (bicyclic) bond motifs is 2. The first-order valence-corrected chi connectivity index (χ1v) is 10.3. The summed E-state index contributed by atoms with van der Waals surface area (Å²) in [6.07, 6.45) is 4.40. The summed E-state index contributed by atoms with van der Waals surface area (Å²) in [7, 11) is 0. The number of thiophene rings is 1. The van der Waals surface area contributed by atoms with Crippen molar-refractivity contribution in [3.63, 3.8) is 0 Å². The van der Waals surface area contributed by atoms with E-state index < -0.39 is 0 Å². The zero-order valence-electron chi connectivity index (χ0n) is 15.6. The zero-order valence-corrected chi connectivity index (χ0v) is 16.4. The number of amides is 1. The van der Waals surface area contributed by atoms with Gasteiger partial charge in [-0.15, -0.1) is 11.3 Å². The van der Waals surface area contributed by atoms with Crippen molar-refractivity contribution in [2.24, 2.45) is 0 Å². The van der Waals surface area contributed by atoms with Gasteiger partial charge in [-0.1, -0.05) is 30.3 Å². The highest BCUT2D eigenvalue weighted by Gasteiger charge is 2.29. The number of benzene rings is 1. The van der Waals surface area contributed by atoms with Gasteiger partial charge in [-0.05, 0) is 42.0 Å². The van der Waals surface area contributed by atoms with E-state index in [9.17, 15) is 4.79 Å². The summed E-state index contributed by atoms with van der Waals surface area (Å²) in [5, 5.41) is 7.48. The quantitative estimate of drug-likeness (QED) is 0.526. The average molecular weight is 388 g/mol. The number of carbonyl (C=O) groups excluding carboxylic acids is 1. The fraction of sp³-hybridized carbons (Fsp3) is 0.227. The Morgan fingerprint density at radius 2 is 2.07 bits per heavy atom. The maximum Gasteiger partial charge on any atom is 0.255 e. The topological polar surface area (TPSA) is 51.0 Å². The number of aromatic nitrogens is 3. The van der Waals surface area contributed by atoms with E-state index in [-0.39, 0.29) is 11.9 Å². The predicted molar refractivity (Wildman–Crippen MR) is 111 cm³/mol. The van der Waals surface area contributed by atoms with Crippen molar-refractivity contribution >= 4 is 28.3 Å². The van der Waals surface area contributed by atoms with Crippen LogP contribution in [0.3, 0.4) is 0 Å². The highest BCUT2D eigenvalue weighted by atomic mass is 32.1. The smallest absolute Gasteiger partial charge is 0.255 e. The highest BCUT2D eigenvalue weighted by molar-refractivity contribution is 7.10. The first kappa shape index (κ1) is 17.1. The molecule has 6 heteroatoms. The number of hydrogen-bond acceptors (Lipinski definition) is 4. The Kier molecular flexibility index (Phi) is 4.20. The van der Waals surface area contributed by atoms with Gasteiger partial charge >= 0.3 is 0 Å². The molecule has 1 aliphatic heterocycles. The van der Waals surface area contributed by atoms with Crippen LogP contribution < -0.4 is 0 Å². The molecular formula is C22H20N4OS. The van der Waals surface area contributed by atoms with Gasteiger partial charge in [-0.2, -0.15) is 5.10 Å². The summed E-state index contributed by atoms with van der Waals surface area (Å²) in [5.74, 6) is 0.0366. The molecular weight excluding hydrogens is 368 g/mol. The van der Waals surface area contributed by atoms with Gasteiger partial charge in [0.05, 0.1) is 24.3 Å². The number of rotatable bonds is 3. The molecule has 140 valence electrons. The largest absolute Gasteiger partial charge is 0.331 e. The number of carbonyl (C=O) groups is 1. The van der Waals surface area contributed by atoms with E-state index in [4.69, 9.17) is 0 Å². The Labute approximate surface area is 167 Å². The monoisotopic (exact) mass is 388 g/mol. The molecule has 3 aromatic heterocycles. The van der Waals surface area contributed by atoms with Gasteiger partial charge in [0, 0.05) is 23.0 Å². The Morgan fingerprint density at radius 1 is 1.21 bits per heavy atom. The van der Waals surface area contributed by atoms with E-state index in [2.05, 4.69) is 40.6 Å². The molecule has 0 saturated heterocycles. The Bertz CT molecular complexity index is 1150. The van der Waals surface area contributed by atoms with Crippen LogP contribution in [0, 0.1) is 0 Å². The zero-order chi connectivity index (χ0) is 19.1. The Morgan fingerprint density at radius 3 is 2.93 bits per heavy atom. The van der Waals surface area contributed by atoms with Gasteiger partial charge in [0.15, 0.2) is 5.65 Å². The van der Waals surface area contributed by atoms with E-state index in [1.807, 2.05) is 33.8 Å². The van der Waals surface area contributed by atoms with Crippen molar-refractivity contribution in [2.45, 2.75) is 25.9 Å². The minimum atomic E-state index is 0.0366. The maximum absolute atomic E-state index is 13.1. The summed E-state index contributed by atoms with van der Waals surface area (Å²) in [6, 6.07) is 14.3. The molecule has 0 fully saturated rings. The molecule has 1 aromatic carbocycles. The van der Waals surface area contributed by atoms with Crippen LogP contribution in [0.25, 0.3) is 11.0 Å². The van der Waals surface area contributed by atoms with E-state index in [0.29, 0.717) is 12.1 Å². The lowest BCUT2D eigenvalue weighted by Crippen LogP contribution is -2.38. The first-order valence-electron chi connectivity index (χ1n) is 9.43. The van der Waals surface area contributed by atoms with Crippen molar-refractivity contribution in [3.05, 3.63) is 81.8 Å². The molecule has 1 unspecified atom stereocenters. The van der Waals surface area contributed by atoms with Crippen LogP contribution in [0.15, 0.2) is 60.2 Å². The van der Waals surface area contributed by atoms with Gasteiger partial charge in [0.2, 0.25) is 0 Å². The third kappa shape index (κ3) is 2.90. The second kappa shape index (κ2) is 6.87. The minimum absolute atomic E-state index is 0.0366. The van der Waals surface area contributed by atoms with Crippen LogP contribution in [0.5, 0.6) is 0 Å². The predicted octanol–water partition coefficient (Wildman–Crippen LogP) is 4.30. The molecule has 5 rings (SSSR count). The van der Waals surface area contributed by atoms with Gasteiger partial charge in [-0.3, -0.25) is 4.79 Å². The van der Waals surface area contributed by atoms with Crippen molar-refractivity contribution in [1.29, 1.82) is 0 Å². The third-order valence-corrected chi connectivity index (χ3v) is 6.43. The molecule has 0 aliphatic carbocycles. The molecule has 0 bridgehead atoms. The summed E-state index contributed by atoms with van der Waals surface area (Å²) in [4.78, 5) is 21.1. The minimum Gasteiger partial charge on any atom is -0.331 e. The highest BCUT2D eigenvalue weighted by Crippen LogP contribution is 2.33. The van der Waals surface area contributed by atoms with Crippen molar-refractivity contribution in [3.8, 4) is 0 Å². The molecule has 0 spiro atoms. The van der Waals surface area contributed by atoms with E-state index in [1.54, 1.807) is 23.7 Å². The van der Waals surface area contributed by atoms with E-state index in [0.717, 1.165) is 24.0 Å². The molecule has 0 N–H and O–H groups in total. The van der Waals surface area contributed by atoms with Gasteiger partial charge in [-0.25, -0.2) is 9.67 Å². The molecule has 1 atom stereocenters. The van der Waals surface area contributed by atoms with Crippen molar-refractivity contribution in [1.82, 2.24) is 19.7 Å². The van der Waals surface area contributed by atoms with Gasteiger partial charge in [0.1, 0.15) is 0 Å². The van der Waals surface area contributed by atoms with E-state index >= 15 is 0 Å². The lowest BCUT2D eigenvalue weighted by atomic mass is 10.0. The third-order valence-electron chi connectivity index (χ3n) is 5.44. The molecule has 4 aromatic rings. The van der Waals surface area contributed by atoms with Crippen LogP contribution in [0.1, 0.15) is 39.3 Å². The second-order valence-corrected chi connectivity index (χ2v) is 8.15. The SMILES string of the molecule is CC1c2ccsc2CCN1C(=O)c1cnc2c(cnn2Cc2ccccc2)c1. The lowest BCUT2D eigenvalue weighted by molar-refractivity contribution is 0.0679. The van der Waals surface area contributed by atoms with Crippen LogP contribution >= 0.6 is 11.3 Å². The fourth-order valence-electron chi connectivity index (χ4n) is 3.91. The molecule has 4 heterocycles. The number of nitrogens with zero attached hydrogens (tertiary/aromatic N) is 4.